The maximum Gasteiger partial charge on any atom is 0.184 e. The fourth-order valence-corrected chi connectivity index (χ4v) is 1.32. The number of hydrogen-bond donors (Lipinski definition) is 2. The van der Waals surface area contributed by atoms with Gasteiger partial charge in [0.15, 0.2) is 6.29 Å². The van der Waals surface area contributed by atoms with Crippen molar-refractivity contribution < 1.29 is 24.4 Å². The smallest absolute Gasteiger partial charge is 0.184 e. The van der Waals surface area contributed by atoms with E-state index < -0.39 is 6.29 Å². The third-order valence-electron chi connectivity index (χ3n) is 2.11. The summed E-state index contributed by atoms with van der Waals surface area (Å²) in [6, 6.07) is 7.23. The Labute approximate surface area is 101 Å². The lowest BCUT2D eigenvalue weighted by molar-refractivity contribution is -0.156. The Morgan fingerprint density at radius 1 is 1.00 bits per heavy atom. The quantitative estimate of drug-likeness (QED) is 0.657. The van der Waals surface area contributed by atoms with Gasteiger partial charge in [0.2, 0.25) is 0 Å². The molecule has 1 aromatic carbocycles. The summed E-state index contributed by atoms with van der Waals surface area (Å²) in [4.78, 5) is 0. The van der Waals surface area contributed by atoms with Crippen LogP contribution in [0.15, 0.2) is 24.3 Å². The molecule has 0 atom stereocenters. The van der Waals surface area contributed by atoms with Crippen molar-refractivity contribution in [2.24, 2.45) is 0 Å². The molecule has 0 aromatic heterocycles. The second-order valence-electron chi connectivity index (χ2n) is 3.29. The first-order valence-electron chi connectivity index (χ1n) is 5.40. The molecular formula is C12H18O5. The van der Waals surface area contributed by atoms with E-state index in [1.165, 1.54) is 0 Å². The Hall–Kier alpha value is -1.14. The first kappa shape index (κ1) is 13.9. The van der Waals surface area contributed by atoms with Crippen molar-refractivity contribution in [3.63, 3.8) is 0 Å². The van der Waals surface area contributed by atoms with Gasteiger partial charge in [-0.25, -0.2) is 0 Å². The summed E-state index contributed by atoms with van der Waals surface area (Å²) in [5.41, 5.74) is 0.813. The fourth-order valence-electron chi connectivity index (χ4n) is 1.32. The van der Waals surface area contributed by atoms with Crippen LogP contribution in [0.25, 0.3) is 0 Å². The average molecular weight is 242 g/mol. The highest BCUT2D eigenvalue weighted by atomic mass is 16.7. The first-order valence-corrected chi connectivity index (χ1v) is 5.40. The van der Waals surface area contributed by atoms with Crippen molar-refractivity contribution in [3.8, 4) is 5.75 Å². The highest BCUT2D eigenvalue weighted by Crippen LogP contribution is 2.21. The van der Waals surface area contributed by atoms with E-state index in [0.29, 0.717) is 0 Å². The molecule has 1 rings (SSSR count). The zero-order valence-electron chi connectivity index (χ0n) is 9.83. The number of ether oxygens (including phenoxy) is 3. The minimum absolute atomic E-state index is 0.0743. The summed E-state index contributed by atoms with van der Waals surface area (Å²) in [6.45, 7) is 0.217. The van der Waals surface area contributed by atoms with Gasteiger partial charge in [-0.1, -0.05) is 12.1 Å². The van der Waals surface area contributed by atoms with Gasteiger partial charge in [0.1, 0.15) is 5.75 Å². The number of methoxy groups -OCH3 is 1. The molecule has 0 unspecified atom stereocenters. The third-order valence-corrected chi connectivity index (χ3v) is 2.11. The van der Waals surface area contributed by atoms with Gasteiger partial charge in [-0.15, -0.1) is 0 Å². The Balaban J connectivity index is 2.65. The van der Waals surface area contributed by atoms with E-state index in [9.17, 15) is 0 Å². The number of benzene rings is 1. The van der Waals surface area contributed by atoms with Gasteiger partial charge in [0.05, 0.1) is 33.5 Å². The molecule has 0 saturated heterocycles. The van der Waals surface area contributed by atoms with Crippen LogP contribution in [0.2, 0.25) is 0 Å². The molecule has 0 heterocycles. The molecule has 0 aliphatic carbocycles. The maximum atomic E-state index is 8.72. The van der Waals surface area contributed by atoms with Gasteiger partial charge >= 0.3 is 0 Å². The third kappa shape index (κ3) is 4.70. The van der Waals surface area contributed by atoms with Crippen LogP contribution in [0, 0.1) is 0 Å². The second kappa shape index (κ2) is 8.03. The van der Waals surface area contributed by atoms with Gasteiger partial charge < -0.3 is 24.4 Å². The Morgan fingerprint density at radius 2 is 1.53 bits per heavy atom. The average Bonchev–Trinajstić information content (AvgIpc) is 2.39. The van der Waals surface area contributed by atoms with E-state index in [1.807, 2.05) is 12.1 Å². The van der Waals surface area contributed by atoms with Crippen LogP contribution in [0.4, 0.5) is 0 Å². The van der Waals surface area contributed by atoms with Crippen LogP contribution in [-0.2, 0) is 9.47 Å². The van der Waals surface area contributed by atoms with Crippen molar-refractivity contribution in [2.45, 2.75) is 6.29 Å². The first-order chi connectivity index (χ1) is 8.31. The van der Waals surface area contributed by atoms with Crippen molar-refractivity contribution in [2.75, 3.05) is 33.5 Å². The van der Waals surface area contributed by atoms with Crippen LogP contribution < -0.4 is 4.74 Å². The predicted octanol–water partition coefficient (Wildman–Crippen LogP) is 0.712. The van der Waals surface area contributed by atoms with Crippen LogP contribution in [0.5, 0.6) is 5.75 Å². The largest absolute Gasteiger partial charge is 0.497 e. The number of aliphatic hydroxyl groups excluding tert-OH is 2. The van der Waals surface area contributed by atoms with Crippen LogP contribution >= 0.6 is 0 Å². The van der Waals surface area contributed by atoms with Crippen molar-refractivity contribution in [1.82, 2.24) is 0 Å². The molecule has 2 N–H and O–H groups in total. The van der Waals surface area contributed by atoms with E-state index in [1.54, 1.807) is 19.2 Å². The lowest BCUT2D eigenvalue weighted by Crippen LogP contribution is -2.13. The van der Waals surface area contributed by atoms with Gasteiger partial charge in [0.25, 0.3) is 0 Å². The normalized spacial score (nSPS) is 10.8. The lowest BCUT2D eigenvalue weighted by Gasteiger charge is -2.18. The Kier molecular flexibility index (Phi) is 6.57. The molecule has 0 bridgehead atoms. The highest BCUT2D eigenvalue weighted by Gasteiger charge is 2.12. The van der Waals surface area contributed by atoms with Crippen molar-refractivity contribution in [3.05, 3.63) is 29.8 Å². The molecular weight excluding hydrogens is 224 g/mol. The summed E-state index contributed by atoms with van der Waals surface area (Å²) in [5.74, 6) is 0.747. The zero-order chi connectivity index (χ0) is 12.5. The lowest BCUT2D eigenvalue weighted by atomic mass is 10.2. The SMILES string of the molecule is COc1ccc(C(OCCO)OCCO)cc1. The monoisotopic (exact) mass is 242 g/mol. The van der Waals surface area contributed by atoms with Gasteiger partial charge in [0, 0.05) is 5.56 Å². The van der Waals surface area contributed by atoms with E-state index >= 15 is 0 Å². The van der Waals surface area contributed by atoms with E-state index in [2.05, 4.69) is 0 Å². The minimum atomic E-state index is -0.583. The molecule has 1 aromatic rings. The highest BCUT2D eigenvalue weighted by molar-refractivity contribution is 5.27. The predicted molar refractivity (Wildman–Crippen MR) is 61.8 cm³/mol. The Bertz CT molecular complexity index is 290. The molecule has 96 valence electrons. The van der Waals surface area contributed by atoms with Gasteiger partial charge in [-0.3, -0.25) is 0 Å². The summed E-state index contributed by atoms with van der Waals surface area (Å²) in [5, 5.41) is 17.4. The maximum absolute atomic E-state index is 8.72. The van der Waals surface area contributed by atoms with E-state index in [4.69, 9.17) is 24.4 Å². The molecule has 0 spiro atoms. The molecule has 0 aliphatic rings. The second-order valence-corrected chi connectivity index (χ2v) is 3.29. The molecule has 0 fully saturated rings. The summed E-state index contributed by atoms with van der Waals surface area (Å²) in [7, 11) is 1.59. The van der Waals surface area contributed by atoms with Crippen LogP contribution in [-0.4, -0.2) is 43.8 Å². The van der Waals surface area contributed by atoms with Crippen molar-refractivity contribution >= 4 is 0 Å². The zero-order valence-corrected chi connectivity index (χ0v) is 9.83. The standard InChI is InChI=1S/C12H18O5/c1-15-11-4-2-10(3-5-11)12(16-8-6-13)17-9-7-14/h2-5,12-14H,6-9H2,1H3. The molecule has 5 heteroatoms. The molecule has 0 aliphatic heterocycles. The number of rotatable bonds is 8. The summed E-state index contributed by atoms with van der Waals surface area (Å²) >= 11 is 0. The number of hydrogen-bond acceptors (Lipinski definition) is 5. The van der Waals surface area contributed by atoms with Crippen molar-refractivity contribution in [1.29, 1.82) is 0 Å². The van der Waals surface area contributed by atoms with E-state index in [0.717, 1.165) is 11.3 Å². The number of aliphatic hydroxyl groups is 2. The van der Waals surface area contributed by atoms with E-state index in [-0.39, 0.29) is 26.4 Å². The van der Waals surface area contributed by atoms with Gasteiger partial charge in [-0.05, 0) is 12.1 Å². The van der Waals surface area contributed by atoms with Crippen LogP contribution in [0.1, 0.15) is 11.9 Å². The Morgan fingerprint density at radius 3 is 1.94 bits per heavy atom. The summed E-state index contributed by atoms with van der Waals surface area (Å²) < 4.78 is 15.7. The van der Waals surface area contributed by atoms with Crippen LogP contribution in [0.3, 0.4) is 0 Å². The topological polar surface area (TPSA) is 68.2 Å². The van der Waals surface area contributed by atoms with Gasteiger partial charge in [-0.2, -0.15) is 0 Å². The minimum Gasteiger partial charge on any atom is -0.497 e. The molecule has 0 amide bonds. The molecule has 0 radical (unpaired) electrons. The molecule has 5 nitrogen and oxygen atoms in total. The molecule has 17 heavy (non-hydrogen) atoms. The molecule has 0 saturated carbocycles. The summed E-state index contributed by atoms with van der Waals surface area (Å²) in [6.07, 6.45) is -0.583. The fraction of sp³-hybridized carbons (Fsp3) is 0.500.